The highest BCUT2D eigenvalue weighted by molar-refractivity contribution is 5.99. The molecule has 2 aromatic heterocycles. The molecule has 164 valence electrons. The van der Waals surface area contributed by atoms with Gasteiger partial charge in [-0.3, -0.25) is 0 Å². The molecule has 0 unspecified atom stereocenters. The highest BCUT2D eigenvalue weighted by Gasteiger charge is 2.24. The summed E-state index contributed by atoms with van der Waals surface area (Å²) in [4.78, 5) is 11.7. The number of benzene rings is 2. The molecule has 2 aromatic carbocycles. The van der Waals surface area contributed by atoms with E-state index in [2.05, 4.69) is 21.9 Å². The Labute approximate surface area is 184 Å². The molecular formula is C24H24F2N6. The molecule has 0 amide bonds. The van der Waals surface area contributed by atoms with Crippen LogP contribution in [0.25, 0.3) is 28.0 Å². The minimum atomic E-state index is -0.624. The zero-order chi connectivity index (χ0) is 22.4. The van der Waals surface area contributed by atoms with E-state index in [4.69, 9.17) is 10.7 Å². The predicted molar refractivity (Wildman–Crippen MR) is 122 cm³/mol. The number of nitrogens with zero attached hydrogens (tertiary/aromatic N) is 5. The molecule has 3 heterocycles. The number of aromatic nitrogens is 4. The summed E-state index contributed by atoms with van der Waals surface area (Å²) in [7, 11) is 0. The zero-order valence-electron chi connectivity index (χ0n) is 18.0. The third-order valence-corrected chi connectivity index (χ3v) is 6.05. The lowest BCUT2D eigenvalue weighted by atomic mass is 9.99. The molecule has 0 atom stereocenters. The van der Waals surface area contributed by atoms with Gasteiger partial charge in [-0.05, 0) is 43.9 Å². The molecule has 1 aliphatic heterocycles. The first-order valence-electron chi connectivity index (χ1n) is 10.7. The van der Waals surface area contributed by atoms with Crippen LogP contribution in [0, 0.1) is 24.5 Å². The molecule has 0 saturated carbocycles. The summed E-state index contributed by atoms with van der Waals surface area (Å²) in [6, 6.07) is 11.1. The minimum absolute atomic E-state index is 0.0657. The van der Waals surface area contributed by atoms with Crippen LogP contribution in [0.4, 0.5) is 20.5 Å². The first kappa shape index (κ1) is 20.4. The fourth-order valence-corrected chi connectivity index (χ4v) is 4.18. The van der Waals surface area contributed by atoms with E-state index < -0.39 is 11.6 Å². The van der Waals surface area contributed by atoms with Gasteiger partial charge in [0.1, 0.15) is 23.1 Å². The monoisotopic (exact) mass is 434 g/mol. The van der Waals surface area contributed by atoms with Gasteiger partial charge in [-0.1, -0.05) is 30.7 Å². The van der Waals surface area contributed by atoms with E-state index in [1.165, 1.54) is 4.68 Å². The number of aryl methyl sites for hydroxylation is 1. The summed E-state index contributed by atoms with van der Waals surface area (Å²) in [5.74, 6) is 0.205. The first-order valence-corrected chi connectivity index (χ1v) is 10.7. The van der Waals surface area contributed by atoms with Crippen molar-refractivity contribution in [3.05, 3.63) is 59.7 Å². The molecule has 2 N–H and O–H groups in total. The lowest BCUT2D eigenvalue weighted by Crippen LogP contribution is -2.34. The van der Waals surface area contributed by atoms with Gasteiger partial charge in [-0.25, -0.2) is 18.4 Å². The van der Waals surface area contributed by atoms with Crippen LogP contribution in [-0.2, 0) is 0 Å². The number of nitrogens with two attached hydrogens (primary N) is 1. The van der Waals surface area contributed by atoms with Crippen LogP contribution in [0.5, 0.6) is 0 Å². The molecule has 6 nitrogen and oxygen atoms in total. The maximum atomic E-state index is 14.5. The number of halogens is 2. The molecule has 1 fully saturated rings. The topological polar surface area (TPSA) is 72.9 Å². The van der Waals surface area contributed by atoms with Gasteiger partial charge < -0.3 is 10.6 Å². The van der Waals surface area contributed by atoms with Crippen molar-refractivity contribution in [3.8, 4) is 16.9 Å². The molecule has 1 aliphatic rings. The van der Waals surface area contributed by atoms with Crippen molar-refractivity contribution in [1.29, 1.82) is 0 Å². The van der Waals surface area contributed by atoms with Crippen molar-refractivity contribution in [2.45, 2.75) is 26.7 Å². The summed E-state index contributed by atoms with van der Waals surface area (Å²) in [5, 5.41) is 4.99. The number of hydrogen-bond donors (Lipinski definition) is 1. The van der Waals surface area contributed by atoms with Crippen LogP contribution in [0.2, 0.25) is 0 Å². The fraction of sp³-hybridized carbons (Fsp3) is 0.292. The predicted octanol–water partition coefficient (Wildman–Crippen LogP) is 4.89. The summed E-state index contributed by atoms with van der Waals surface area (Å²) in [6.45, 7) is 5.96. The van der Waals surface area contributed by atoms with Crippen LogP contribution in [-0.4, -0.2) is 32.8 Å². The molecule has 5 rings (SSSR count). The van der Waals surface area contributed by atoms with E-state index in [1.807, 2.05) is 31.2 Å². The third-order valence-electron chi connectivity index (χ3n) is 6.05. The largest absolute Gasteiger partial charge is 0.383 e. The van der Waals surface area contributed by atoms with Crippen LogP contribution in [0.1, 0.15) is 25.3 Å². The summed E-state index contributed by atoms with van der Waals surface area (Å²) >= 11 is 0. The average Bonchev–Trinajstić information content (AvgIpc) is 3.11. The van der Waals surface area contributed by atoms with Gasteiger partial charge in [0.05, 0.1) is 11.1 Å². The number of anilines is 2. The van der Waals surface area contributed by atoms with Gasteiger partial charge in [-0.2, -0.15) is 4.98 Å². The van der Waals surface area contributed by atoms with Crippen LogP contribution in [0.15, 0.2) is 42.5 Å². The van der Waals surface area contributed by atoms with E-state index in [-0.39, 0.29) is 11.5 Å². The Kier molecular flexibility index (Phi) is 5.00. The number of piperidine rings is 1. The lowest BCUT2D eigenvalue weighted by molar-refractivity contribution is 0.435. The van der Waals surface area contributed by atoms with Crippen molar-refractivity contribution in [2.24, 2.45) is 5.92 Å². The summed E-state index contributed by atoms with van der Waals surface area (Å²) in [5.41, 5.74) is 9.29. The Balaban J connectivity index is 1.74. The maximum Gasteiger partial charge on any atom is 0.228 e. The van der Waals surface area contributed by atoms with Crippen LogP contribution < -0.4 is 10.6 Å². The average molecular weight is 434 g/mol. The molecule has 8 heteroatoms. The first-order chi connectivity index (χ1) is 15.4. The Bertz CT molecular complexity index is 1310. The van der Waals surface area contributed by atoms with Crippen molar-refractivity contribution in [3.63, 3.8) is 0 Å². The van der Waals surface area contributed by atoms with Crippen LogP contribution in [0.3, 0.4) is 0 Å². The molecule has 32 heavy (non-hydrogen) atoms. The molecule has 0 bridgehead atoms. The van der Waals surface area contributed by atoms with Gasteiger partial charge in [0.15, 0.2) is 5.65 Å². The molecule has 0 radical (unpaired) electrons. The Hall–Kier alpha value is -3.55. The van der Waals surface area contributed by atoms with Crippen LogP contribution >= 0.6 is 0 Å². The van der Waals surface area contributed by atoms with E-state index in [9.17, 15) is 8.78 Å². The second kappa shape index (κ2) is 7.85. The Morgan fingerprint density at radius 2 is 1.81 bits per heavy atom. The molecule has 0 spiro atoms. The number of rotatable bonds is 3. The van der Waals surface area contributed by atoms with Gasteiger partial charge in [0, 0.05) is 24.7 Å². The van der Waals surface area contributed by atoms with Crippen molar-refractivity contribution in [1.82, 2.24) is 19.7 Å². The second-order valence-electron chi connectivity index (χ2n) is 8.50. The molecular weight excluding hydrogens is 410 g/mol. The van der Waals surface area contributed by atoms with E-state index in [0.29, 0.717) is 28.6 Å². The fourth-order valence-electron chi connectivity index (χ4n) is 4.18. The molecule has 0 aliphatic carbocycles. The highest BCUT2D eigenvalue weighted by atomic mass is 19.1. The normalized spacial score (nSPS) is 14.9. The Morgan fingerprint density at radius 3 is 2.56 bits per heavy atom. The van der Waals surface area contributed by atoms with Crippen molar-refractivity contribution in [2.75, 3.05) is 23.7 Å². The van der Waals surface area contributed by atoms with Crippen molar-refractivity contribution >= 4 is 22.8 Å². The Morgan fingerprint density at radius 1 is 1.03 bits per heavy atom. The SMILES string of the molecule is Cc1cccc(-c2nc(N3CCC(C)CC3)nc3nn(-c4cc(F)ccc4F)c(N)c23)c1. The van der Waals surface area contributed by atoms with Gasteiger partial charge in [-0.15, -0.1) is 5.10 Å². The highest BCUT2D eigenvalue weighted by Crippen LogP contribution is 2.35. The van der Waals surface area contributed by atoms with E-state index in [1.54, 1.807) is 0 Å². The van der Waals surface area contributed by atoms with Gasteiger partial charge in [0.25, 0.3) is 0 Å². The maximum absolute atomic E-state index is 14.5. The number of hydrogen-bond acceptors (Lipinski definition) is 5. The number of nitrogen functional groups attached to an aromatic ring is 1. The third kappa shape index (κ3) is 3.55. The smallest absolute Gasteiger partial charge is 0.228 e. The minimum Gasteiger partial charge on any atom is -0.383 e. The second-order valence-corrected chi connectivity index (χ2v) is 8.50. The molecule has 4 aromatic rings. The molecule has 1 saturated heterocycles. The number of fused-ring (bicyclic) bond motifs is 1. The van der Waals surface area contributed by atoms with Crippen molar-refractivity contribution < 1.29 is 8.78 Å². The standard InChI is InChI=1S/C24H24F2N6/c1-14-8-10-31(11-9-14)24-28-21(16-5-3-4-15(2)12-16)20-22(27)32(30-23(20)29-24)19-13-17(25)6-7-18(19)26/h3-7,12-14H,8-11,27H2,1-2H3. The quantitative estimate of drug-likeness (QED) is 0.497. The summed E-state index contributed by atoms with van der Waals surface area (Å²) in [6.07, 6.45) is 2.12. The van der Waals surface area contributed by atoms with E-state index in [0.717, 1.165) is 55.3 Å². The summed E-state index contributed by atoms with van der Waals surface area (Å²) < 4.78 is 29.6. The van der Waals surface area contributed by atoms with Gasteiger partial charge >= 0.3 is 0 Å². The van der Waals surface area contributed by atoms with E-state index >= 15 is 0 Å². The lowest BCUT2D eigenvalue weighted by Gasteiger charge is -2.30. The van der Waals surface area contributed by atoms with Gasteiger partial charge in [0.2, 0.25) is 5.95 Å². The zero-order valence-corrected chi connectivity index (χ0v) is 18.0.